The first kappa shape index (κ1) is 12.2. The monoisotopic (exact) mass is 221 g/mol. The van der Waals surface area contributed by atoms with Gasteiger partial charge < -0.3 is 10.1 Å². The quantitative estimate of drug-likeness (QED) is 0.622. The van der Waals surface area contributed by atoms with E-state index in [-0.39, 0.29) is 5.91 Å². The van der Waals surface area contributed by atoms with Gasteiger partial charge in [0.25, 0.3) is 5.91 Å². The van der Waals surface area contributed by atoms with Gasteiger partial charge in [0.15, 0.2) is 0 Å². The van der Waals surface area contributed by atoms with Gasteiger partial charge in [-0.1, -0.05) is 19.1 Å². The van der Waals surface area contributed by atoms with Crippen LogP contribution in [-0.4, -0.2) is 18.4 Å². The fourth-order valence-corrected chi connectivity index (χ4v) is 1.23. The molecule has 0 spiro atoms. The van der Waals surface area contributed by atoms with Crippen molar-refractivity contribution in [2.45, 2.75) is 20.3 Å². The number of hydrogen-bond donors (Lipinski definition) is 1. The minimum atomic E-state index is -0.434. The molecule has 1 aromatic rings. The fourth-order valence-electron chi connectivity index (χ4n) is 1.23. The molecule has 1 aromatic carbocycles. The molecule has 0 heterocycles. The number of carbonyl (C=O) groups excluding carboxylic acids is 2. The van der Waals surface area contributed by atoms with Crippen LogP contribution in [0, 0.1) is 0 Å². The Balaban J connectivity index is 2.85. The molecule has 0 fully saturated rings. The van der Waals surface area contributed by atoms with Gasteiger partial charge in [0, 0.05) is 13.5 Å². The second-order valence-electron chi connectivity index (χ2n) is 3.35. The third-order valence-corrected chi connectivity index (χ3v) is 1.92. The highest BCUT2D eigenvalue weighted by atomic mass is 16.5. The van der Waals surface area contributed by atoms with Gasteiger partial charge in [-0.15, -0.1) is 0 Å². The zero-order valence-corrected chi connectivity index (χ0v) is 9.45. The van der Waals surface area contributed by atoms with E-state index in [1.165, 1.54) is 6.92 Å². The Morgan fingerprint density at radius 3 is 2.62 bits per heavy atom. The van der Waals surface area contributed by atoms with Gasteiger partial charge in [-0.05, 0) is 18.6 Å². The molecule has 0 saturated carbocycles. The molecule has 0 aliphatic carbocycles. The second kappa shape index (κ2) is 5.90. The molecule has 0 saturated heterocycles. The van der Waals surface area contributed by atoms with E-state index in [1.54, 1.807) is 24.3 Å². The van der Waals surface area contributed by atoms with Gasteiger partial charge in [0.05, 0.1) is 5.56 Å². The number of nitrogens with one attached hydrogen (secondary N) is 1. The predicted octanol–water partition coefficient (Wildman–Crippen LogP) is 1.75. The molecule has 1 amide bonds. The summed E-state index contributed by atoms with van der Waals surface area (Å²) in [5.41, 5.74) is 0.381. The molecule has 0 aromatic heterocycles. The van der Waals surface area contributed by atoms with Crippen molar-refractivity contribution in [2.75, 3.05) is 6.54 Å². The van der Waals surface area contributed by atoms with Crippen LogP contribution in [0.4, 0.5) is 0 Å². The van der Waals surface area contributed by atoms with Gasteiger partial charge in [0.2, 0.25) is 0 Å². The first-order valence-corrected chi connectivity index (χ1v) is 5.20. The van der Waals surface area contributed by atoms with Crippen molar-refractivity contribution < 1.29 is 14.3 Å². The summed E-state index contributed by atoms with van der Waals surface area (Å²) in [6.45, 7) is 3.88. The zero-order valence-electron chi connectivity index (χ0n) is 9.45. The molecule has 1 rings (SSSR count). The average Bonchev–Trinajstić information content (AvgIpc) is 2.26. The maximum Gasteiger partial charge on any atom is 0.308 e. The Labute approximate surface area is 94.6 Å². The second-order valence-corrected chi connectivity index (χ2v) is 3.35. The predicted molar refractivity (Wildman–Crippen MR) is 60.4 cm³/mol. The molecule has 0 bridgehead atoms. The SMILES string of the molecule is CCCNC(=O)c1ccccc1OC(C)=O. The lowest BCUT2D eigenvalue weighted by atomic mass is 10.2. The van der Waals surface area contributed by atoms with Crippen LogP contribution in [0.15, 0.2) is 24.3 Å². The molecule has 86 valence electrons. The number of hydrogen-bond acceptors (Lipinski definition) is 3. The lowest BCUT2D eigenvalue weighted by Crippen LogP contribution is -2.24. The third kappa shape index (κ3) is 3.38. The summed E-state index contributed by atoms with van der Waals surface area (Å²) in [6, 6.07) is 6.67. The number of carbonyl (C=O) groups is 2. The summed E-state index contributed by atoms with van der Waals surface area (Å²) >= 11 is 0. The molecule has 4 heteroatoms. The largest absolute Gasteiger partial charge is 0.426 e. The molecular weight excluding hydrogens is 206 g/mol. The number of amides is 1. The van der Waals surface area contributed by atoms with Crippen molar-refractivity contribution in [1.82, 2.24) is 5.32 Å². The molecule has 0 aliphatic rings. The number of rotatable bonds is 4. The van der Waals surface area contributed by atoms with Crippen LogP contribution in [0.2, 0.25) is 0 Å². The number of esters is 1. The highest BCUT2D eigenvalue weighted by Crippen LogP contribution is 2.17. The summed E-state index contributed by atoms with van der Waals surface area (Å²) < 4.78 is 4.95. The molecular formula is C12H15NO3. The summed E-state index contributed by atoms with van der Waals surface area (Å²) in [7, 11) is 0. The van der Waals surface area contributed by atoms with Crippen molar-refractivity contribution in [2.24, 2.45) is 0 Å². The van der Waals surface area contributed by atoms with Crippen molar-refractivity contribution >= 4 is 11.9 Å². The van der Waals surface area contributed by atoms with E-state index in [9.17, 15) is 9.59 Å². The Hall–Kier alpha value is -1.84. The van der Waals surface area contributed by atoms with Gasteiger partial charge in [0.1, 0.15) is 5.75 Å². The Kier molecular flexibility index (Phi) is 4.51. The molecule has 0 unspecified atom stereocenters. The van der Waals surface area contributed by atoms with Crippen LogP contribution in [0.3, 0.4) is 0 Å². The van der Waals surface area contributed by atoms with Crippen molar-refractivity contribution in [3.63, 3.8) is 0 Å². The maximum atomic E-state index is 11.7. The lowest BCUT2D eigenvalue weighted by molar-refractivity contribution is -0.131. The molecule has 0 aliphatic heterocycles. The van der Waals surface area contributed by atoms with Gasteiger partial charge in [-0.25, -0.2) is 0 Å². The van der Waals surface area contributed by atoms with E-state index in [0.29, 0.717) is 17.9 Å². The van der Waals surface area contributed by atoms with Crippen LogP contribution in [0.5, 0.6) is 5.75 Å². The number of para-hydroxylation sites is 1. The van der Waals surface area contributed by atoms with Crippen LogP contribution < -0.4 is 10.1 Å². The molecule has 0 radical (unpaired) electrons. The van der Waals surface area contributed by atoms with Crippen molar-refractivity contribution in [3.05, 3.63) is 29.8 Å². The Morgan fingerprint density at radius 1 is 1.31 bits per heavy atom. The van der Waals surface area contributed by atoms with Crippen molar-refractivity contribution in [1.29, 1.82) is 0 Å². The van der Waals surface area contributed by atoms with Gasteiger partial charge >= 0.3 is 5.97 Å². The van der Waals surface area contributed by atoms with E-state index in [1.807, 2.05) is 6.92 Å². The fraction of sp³-hybridized carbons (Fsp3) is 0.333. The van der Waals surface area contributed by atoms with Gasteiger partial charge in [-0.3, -0.25) is 9.59 Å². The van der Waals surface area contributed by atoms with E-state index >= 15 is 0 Å². The zero-order chi connectivity index (χ0) is 12.0. The summed E-state index contributed by atoms with van der Waals surface area (Å²) in [6.07, 6.45) is 0.863. The Morgan fingerprint density at radius 2 is 2.00 bits per heavy atom. The summed E-state index contributed by atoms with van der Waals surface area (Å²) in [5, 5.41) is 2.73. The van der Waals surface area contributed by atoms with Crippen LogP contribution in [0.25, 0.3) is 0 Å². The molecule has 1 N–H and O–H groups in total. The number of ether oxygens (including phenoxy) is 1. The van der Waals surface area contributed by atoms with Crippen LogP contribution in [0.1, 0.15) is 30.6 Å². The van der Waals surface area contributed by atoms with Crippen LogP contribution >= 0.6 is 0 Å². The summed E-state index contributed by atoms with van der Waals surface area (Å²) in [4.78, 5) is 22.6. The standard InChI is InChI=1S/C12H15NO3/c1-3-8-13-12(15)10-6-4-5-7-11(10)16-9(2)14/h4-7H,3,8H2,1-2H3,(H,13,15). The average molecular weight is 221 g/mol. The lowest BCUT2D eigenvalue weighted by Gasteiger charge is -2.08. The third-order valence-electron chi connectivity index (χ3n) is 1.92. The molecule has 4 nitrogen and oxygen atoms in total. The smallest absolute Gasteiger partial charge is 0.308 e. The first-order chi connectivity index (χ1) is 7.65. The minimum Gasteiger partial charge on any atom is -0.426 e. The van der Waals surface area contributed by atoms with E-state index in [4.69, 9.17) is 4.74 Å². The van der Waals surface area contributed by atoms with E-state index in [2.05, 4.69) is 5.32 Å². The van der Waals surface area contributed by atoms with Crippen molar-refractivity contribution in [3.8, 4) is 5.75 Å². The normalized spacial score (nSPS) is 9.62. The molecule has 0 atom stereocenters. The van der Waals surface area contributed by atoms with E-state index < -0.39 is 5.97 Å². The van der Waals surface area contributed by atoms with Crippen LogP contribution in [-0.2, 0) is 4.79 Å². The topological polar surface area (TPSA) is 55.4 Å². The molecule has 16 heavy (non-hydrogen) atoms. The summed E-state index contributed by atoms with van der Waals surface area (Å²) in [5.74, 6) is -0.363. The Bertz CT molecular complexity index is 388. The number of benzene rings is 1. The highest BCUT2D eigenvalue weighted by molar-refractivity contribution is 5.97. The maximum absolute atomic E-state index is 11.7. The van der Waals surface area contributed by atoms with E-state index in [0.717, 1.165) is 6.42 Å². The first-order valence-electron chi connectivity index (χ1n) is 5.20. The minimum absolute atomic E-state index is 0.223. The van der Waals surface area contributed by atoms with Gasteiger partial charge in [-0.2, -0.15) is 0 Å². The highest BCUT2D eigenvalue weighted by Gasteiger charge is 2.12.